The second-order valence-corrected chi connectivity index (χ2v) is 4.55. The lowest BCUT2D eigenvalue weighted by atomic mass is 10.2. The lowest BCUT2D eigenvalue weighted by molar-refractivity contribution is -0.624. The number of aryl methyl sites for hydroxylation is 1. The fourth-order valence-corrected chi connectivity index (χ4v) is 2.22. The summed E-state index contributed by atoms with van der Waals surface area (Å²) in [6, 6.07) is 7.53. The zero-order valence-electron chi connectivity index (χ0n) is 10.8. The Balaban J connectivity index is 2.22. The molecule has 0 fully saturated rings. The van der Waals surface area contributed by atoms with E-state index in [2.05, 4.69) is 9.97 Å². The second kappa shape index (κ2) is 4.35. The van der Waals surface area contributed by atoms with Crippen LogP contribution in [0.5, 0.6) is 0 Å². The molecule has 0 aliphatic heterocycles. The lowest BCUT2D eigenvalue weighted by Gasteiger charge is -2.16. The van der Waals surface area contributed by atoms with E-state index < -0.39 is 0 Å². The highest BCUT2D eigenvalue weighted by Gasteiger charge is 2.22. The standard InChI is InChI=1S/C14H14N4O/c1-10-12-5-3-4-6-13(12)16-14(18(10)19)11(2)17-8-7-15-9-17/h3-9,11H,1-2H3. The Morgan fingerprint density at radius 2 is 2.11 bits per heavy atom. The third-order valence-electron chi connectivity index (χ3n) is 3.39. The summed E-state index contributed by atoms with van der Waals surface area (Å²) >= 11 is 0. The molecule has 5 heteroatoms. The summed E-state index contributed by atoms with van der Waals surface area (Å²) in [6.07, 6.45) is 5.22. The molecule has 0 saturated carbocycles. The highest BCUT2D eigenvalue weighted by atomic mass is 16.5. The number of para-hydroxylation sites is 1. The molecule has 3 aromatic rings. The van der Waals surface area contributed by atoms with Crippen LogP contribution in [0.25, 0.3) is 10.9 Å². The maximum atomic E-state index is 12.3. The summed E-state index contributed by atoms with van der Waals surface area (Å²) < 4.78 is 2.78. The van der Waals surface area contributed by atoms with E-state index in [0.29, 0.717) is 11.5 Å². The Labute approximate surface area is 110 Å². The fourth-order valence-electron chi connectivity index (χ4n) is 2.22. The third kappa shape index (κ3) is 1.83. The van der Waals surface area contributed by atoms with Crippen LogP contribution < -0.4 is 4.73 Å². The average Bonchev–Trinajstić information content (AvgIpc) is 2.96. The van der Waals surface area contributed by atoms with Crippen LogP contribution in [0.15, 0.2) is 43.0 Å². The molecule has 2 aromatic heterocycles. The van der Waals surface area contributed by atoms with Crippen LogP contribution in [0, 0.1) is 12.1 Å². The van der Waals surface area contributed by atoms with Crippen molar-refractivity contribution in [2.24, 2.45) is 0 Å². The second-order valence-electron chi connectivity index (χ2n) is 4.55. The molecule has 0 N–H and O–H groups in total. The summed E-state index contributed by atoms with van der Waals surface area (Å²) in [5.41, 5.74) is 1.52. The summed E-state index contributed by atoms with van der Waals surface area (Å²) in [5, 5.41) is 13.2. The highest BCUT2D eigenvalue weighted by Crippen LogP contribution is 2.18. The van der Waals surface area contributed by atoms with Crippen molar-refractivity contribution in [1.82, 2.24) is 14.5 Å². The van der Waals surface area contributed by atoms with Crippen molar-refractivity contribution in [2.75, 3.05) is 0 Å². The summed E-state index contributed by atoms with van der Waals surface area (Å²) in [6.45, 7) is 3.76. The minimum atomic E-state index is -0.150. The number of benzene rings is 1. The summed E-state index contributed by atoms with van der Waals surface area (Å²) in [5.74, 6) is 0.481. The molecule has 0 radical (unpaired) electrons. The van der Waals surface area contributed by atoms with E-state index in [1.807, 2.05) is 48.9 Å². The number of aromatic nitrogens is 4. The first-order valence-corrected chi connectivity index (χ1v) is 6.14. The molecule has 0 spiro atoms. The normalized spacial score (nSPS) is 12.7. The minimum Gasteiger partial charge on any atom is -0.710 e. The van der Waals surface area contributed by atoms with Gasteiger partial charge in [-0.15, -0.1) is 0 Å². The molecule has 1 unspecified atom stereocenters. The van der Waals surface area contributed by atoms with Crippen LogP contribution in [-0.2, 0) is 0 Å². The van der Waals surface area contributed by atoms with Gasteiger partial charge in [-0.25, -0.2) is 9.71 Å². The van der Waals surface area contributed by atoms with Crippen molar-refractivity contribution in [3.63, 3.8) is 0 Å². The van der Waals surface area contributed by atoms with E-state index in [1.165, 1.54) is 0 Å². The SMILES string of the molecule is Cc1c2ccccc2nc(C(C)n2ccnc2)[n+]1[O-]. The number of fused-ring (bicyclic) bond motifs is 1. The van der Waals surface area contributed by atoms with Gasteiger partial charge < -0.3 is 9.77 Å². The van der Waals surface area contributed by atoms with Crippen molar-refractivity contribution >= 4 is 10.9 Å². The Hall–Kier alpha value is -2.43. The van der Waals surface area contributed by atoms with Gasteiger partial charge in [-0.2, -0.15) is 0 Å². The van der Waals surface area contributed by atoms with Gasteiger partial charge in [-0.05, 0) is 31.0 Å². The number of nitrogens with zero attached hydrogens (tertiary/aromatic N) is 4. The monoisotopic (exact) mass is 254 g/mol. The Morgan fingerprint density at radius 3 is 2.84 bits per heavy atom. The van der Waals surface area contributed by atoms with Crippen LogP contribution in [0.4, 0.5) is 0 Å². The molecule has 0 aliphatic carbocycles. The van der Waals surface area contributed by atoms with E-state index in [9.17, 15) is 5.21 Å². The first-order valence-electron chi connectivity index (χ1n) is 6.14. The van der Waals surface area contributed by atoms with Gasteiger partial charge in [0.15, 0.2) is 5.52 Å². The number of hydrogen-bond acceptors (Lipinski definition) is 3. The topological polar surface area (TPSA) is 57.7 Å². The molecular weight excluding hydrogens is 240 g/mol. The van der Waals surface area contributed by atoms with E-state index >= 15 is 0 Å². The Kier molecular flexibility index (Phi) is 2.67. The molecular formula is C14H14N4O. The van der Waals surface area contributed by atoms with E-state index in [0.717, 1.165) is 15.6 Å². The molecule has 0 bridgehead atoms. The van der Waals surface area contributed by atoms with Crippen molar-refractivity contribution < 1.29 is 4.73 Å². The largest absolute Gasteiger partial charge is 0.710 e. The lowest BCUT2D eigenvalue weighted by Crippen LogP contribution is -2.39. The minimum absolute atomic E-state index is 0.150. The smallest absolute Gasteiger partial charge is 0.324 e. The summed E-state index contributed by atoms with van der Waals surface area (Å²) in [4.78, 5) is 8.50. The van der Waals surface area contributed by atoms with Crippen LogP contribution in [0.3, 0.4) is 0 Å². The Morgan fingerprint density at radius 1 is 1.32 bits per heavy atom. The van der Waals surface area contributed by atoms with E-state index in [4.69, 9.17) is 0 Å². The first-order chi connectivity index (χ1) is 9.18. The van der Waals surface area contributed by atoms with Gasteiger partial charge in [0.05, 0.1) is 11.7 Å². The first kappa shape index (κ1) is 11.6. The molecule has 1 aromatic carbocycles. The van der Waals surface area contributed by atoms with Gasteiger partial charge in [0.25, 0.3) is 0 Å². The van der Waals surface area contributed by atoms with Crippen LogP contribution in [-0.4, -0.2) is 14.5 Å². The van der Waals surface area contributed by atoms with Gasteiger partial charge in [0.1, 0.15) is 11.7 Å². The van der Waals surface area contributed by atoms with E-state index in [-0.39, 0.29) is 6.04 Å². The zero-order chi connectivity index (χ0) is 13.4. The maximum absolute atomic E-state index is 12.3. The third-order valence-corrected chi connectivity index (χ3v) is 3.39. The van der Waals surface area contributed by atoms with Crippen molar-refractivity contribution in [3.8, 4) is 0 Å². The molecule has 5 nitrogen and oxygen atoms in total. The van der Waals surface area contributed by atoms with Gasteiger partial charge in [0.2, 0.25) is 0 Å². The number of rotatable bonds is 2. The van der Waals surface area contributed by atoms with Crippen molar-refractivity contribution in [1.29, 1.82) is 0 Å². The average molecular weight is 254 g/mol. The maximum Gasteiger partial charge on any atom is 0.324 e. The van der Waals surface area contributed by atoms with Gasteiger partial charge in [-0.1, -0.05) is 12.1 Å². The number of imidazole rings is 1. The fraction of sp³-hybridized carbons (Fsp3) is 0.214. The molecule has 1 atom stereocenters. The number of hydrogen-bond donors (Lipinski definition) is 0. The quantitative estimate of drug-likeness (QED) is 0.519. The predicted octanol–water partition coefficient (Wildman–Crippen LogP) is 1.98. The summed E-state index contributed by atoms with van der Waals surface area (Å²) in [7, 11) is 0. The zero-order valence-corrected chi connectivity index (χ0v) is 10.8. The van der Waals surface area contributed by atoms with Crippen LogP contribution >= 0.6 is 0 Å². The molecule has 0 amide bonds. The van der Waals surface area contributed by atoms with Crippen LogP contribution in [0.2, 0.25) is 0 Å². The van der Waals surface area contributed by atoms with Crippen LogP contribution in [0.1, 0.15) is 24.5 Å². The molecule has 0 saturated heterocycles. The van der Waals surface area contributed by atoms with Crippen molar-refractivity contribution in [2.45, 2.75) is 19.9 Å². The van der Waals surface area contributed by atoms with Gasteiger partial charge in [-0.3, -0.25) is 0 Å². The molecule has 0 aliphatic rings. The molecule has 96 valence electrons. The molecule has 19 heavy (non-hydrogen) atoms. The van der Waals surface area contributed by atoms with E-state index in [1.54, 1.807) is 12.5 Å². The Bertz CT molecular complexity index is 722. The van der Waals surface area contributed by atoms with Gasteiger partial charge >= 0.3 is 5.82 Å². The molecule has 3 rings (SSSR count). The van der Waals surface area contributed by atoms with Gasteiger partial charge in [0, 0.05) is 12.4 Å². The highest BCUT2D eigenvalue weighted by molar-refractivity contribution is 5.79. The predicted molar refractivity (Wildman–Crippen MR) is 71.5 cm³/mol. The molecule has 2 heterocycles. The van der Waals surface area contributed by atoms with Crippen molar-refractivity contribution in [3.05, 3.63) is 59.7 Å².